The zero-order valence-corrected chi connectivity index (χ0v) is 16.2. The first kappa shape index (κ1) is 18.5. The third-order valence-electron chi connectivity index (χ3n) is 4.64. The Morgan fingerprint density at radius 1 is 1.17 bits per heavy atom. The zero-order valence-electron chi connectivity index (χ0n) is 16.2. The molecular formula is C21H19N3O5. The Bertz CT molecular complexity index is 1260. The Labute approximate surface area is 165 Å². The summed E-state index contributed by atoms with van der Waals surface area (Å²) in [5.41, 5.74) is 0.760. The number of pyridine rings is 1. The lowest BCUT2D eigenvalue weighted by atomic mass is 10.1. The van der Waals surface area contributed by atoms with Crippen molar-refractivity contribution in [2.75, 3.05) is 13.7 Å². The van der Waals surface area contributed by atoms with E-state index in [1.54, 1.807) is 56.6 Å². The molecule has 2 aromatic heterocycles. The van der Waals surface area contributed by atoms with E-state index in [0.717, 1.165) is 0 Å². The molecule has 0 fully saturated rings. The van der Waals surface area contributed by atoms with Crippen LogP contribution in [0.25, 0.3) is 33.7 Å². The highest BCUT2D eigenvalue weighted by Gasteiger charge is 2.22. The highest BCUT2D eigenvalue weighted by molar-refractivity contribution is 5.90. The van der Waals surface area contributed by atoms with E-state index in [9.17, 15) is 9.90 Å². The molecule has 4 rings (SSSR count). The number of rotatable bonds is 5. The number of ether oxygens (including phenoxy) is 2. The second-order valence-corrected chi connectivity index (χ2v) is 6.33. The normalized spacial score (nSPS) is 11.0. The first-order chi connectivity index (χ1) is 14.0. The van der Waals surface area contributed by atoms with Crippen LogP contribution < -0.4 is 15.0 Å². The number of methoxy groups -OCH3 is 1. The van der Waals surface area contributed by atoms with Crippen molar-refractivity contribution in [1.82, 2.24) is 14.7 Å². The van der Waals surface area contributed by atoms with Gasteiger partial charge in [-0.05, 0) is 37.3 Å². The van der Waals surface area contributed by atoms with Crippen LogP contribution in [0.4, 0.5) is 0 Å². The zero-order chi connectivity index (χ0) is 20.5. The molecule has 0 bridgehead atoms. The number of aryl methyl sites for hydroxylation is 1. The van der Waals surface area contributed by atoms with Crippen molar-refractivity contribution in [3.8, 4) is 40.1 Å². The predicted octanol–water partition coefficient (Wildman–Crippen LogP) is 3.37. The minimum absolute atomic E-state index is 0.0390. The van der Waals surface area contributed by atoms with Crippen LogP contribution in [0.15, 0.2) is 51.8 Å². The highest BCUT2D eigenvalue weighted by Crippen LogP contribution is 2.35. The summed E-state index contributed by atoms with van der Waals surface area (Å²) in [5.74, 6) is 1.14. The molecule has 0 aliphatic rings. The highest BCUT2D eigenvalue weighted by atomic mass is 16.5. The molecule has 8 heteroatoms. The van der Waals surface area contributed by atoms with Gasteiger partial charge < -0.3 is 23.7 Å². The van der Waals surface area contributed by atoms with Crippen molar-refractivity contribution in [3.63, 3.8) is 0 Å². The van der Waals surface area contributed by atoms with E-state index in [4.69, 9.17) is 14.0 Å². The van der Waals surface area contributed by atoms with Gasteiger partial charge in [0.05, 0.1) is 19.2 Å². The SMILES string of the molecule is CCOc1ccc(-c2noc(-c3c(O)c4ccccc4n(C)c3=O)n2)cc1OC. The second kappa shape index (κ2) is 7.31. The van der Waals surface area contributed by atoms with Crippen molar-refractivity contribution in [2.45, 2.75) is 6.92 Å². The molecule has 2 heterocycles. The maximum absolute atomic E-state index is 12.8. The number of para-hydroxylation sites is 1. The first-order valence-electron chi connectivity index (χ1n) is 9.01. The predicted molar refractivity (Wildman–Crippen MR) is 107 cm³/mol. The van der Waals surface area contributed by atoms with Gasteiger partial charge in [-0.25, -0.2) is 0 Å². The summed E-state index contributed by atoms with van der Waals surface area (Å²) in [7, 11) is 3.17. The Kier molecular flexibility index (Phi) is 4.67. The van der Waals surface area contributed by atoms with Gasteiger partial charge in [-0.2, -0.15) is 4.98 Å². The molecule has 2 aromatic carbocycles. The molecule has 0 saturated carbocycles. The number of hydrogen-bond donors (Lipinski definition) is 1. The quantitative estimate of drug-likeness (QED) is 0.555. The van der Waals surface area contributed by atoms with Crippen LogP contribution in [0.1, 0.15) is 6.92 Å². The average Bonchev–Trinajstić information content (AvgIpc) is 3.22. The van der Waals surface area contributed by atoms with Gasteiger partial charge in [-0.3, -0.25) is 4.79 Å². The van der Waals surface area contributed by atoms with Crippen LogP contribution in [0.2, 0.25) is 0 Å². The number of hydrogen-bond acceptors (Lipinski definition) is 7. The van der Waals surface area contributed by atoms with Crippen molar-refractivity contribution >= 4 is 10.9 Å². The molecule has 0 spiro atoms. The molecule has 0 radical (unpaired) electrons. The Morgan fingerprint density at radius 3 is 2.72 bits per heavy atom. The fourth-order valence-electron chi connectivity index (χ4n) is 3.20. The molecule has 4 aromatic rings. The minimum Gasteiger partial charge on any atom is -0.506 e. The third-order valence-corrected chi connectivity index (χ3v) is 4.64. The molecule has 0 aliphatic heterocycles. The second-order valence-electron chi connectivity index (χ2n) is 6.33. The van der Waals surface area contributed by atoms with Crippen LogP contribution in [-0.2, 0) is 7.05 Å². The lowest BCUT2D eigenvalue weighted by Gasteiger charge is -2.09. The maximum atomic E-state index is 12.8. The molecular weight excluding hydrogens is 374 g/mol. The molecule has 29 heavy (non-hydrogen) atoms. The van der Waals surface area contributed by atoms with E-state index in [0.29, 0.717) is 34.6 Å². The Morgan fingerprint density at radius 2 is 1.97 bits per heavy atom. The van der Waals surface area contributed by atoms with Crippen molar-refractivity contribution in [2.24, 2.45) is 7.05 Å². The molecule has 1 N–H and O–H groups in total. The fourth-order valence-corrected chi connectivity index (χ4v) is 3.20. The van der Waals surface area contributed by atoms with E-state index in [2.05, 4.69) is 10.1 Å². The molecule has 0 aliphatic carbocycles. The average molecular weight is 393 g/mol. The summed E-state index contributed by atoms with van der Waals surface area (Å²) in [4.78, 5) is 17.1. The van der Waals surface area contributed by atoms with Gasteiger partial charge in [0.1, 0.15) is 11.3 Å². The van der Waals surface area contributed by atoms with Crippen molar-refractivity contribution in [1.29, 1.82) is 0 Å². The molecule has 8 nitrogen and oxygen atoms in total. The minimum atomic E-state index is -0.430. The van der Waals surface area contributed by atoms with Crippen LogP contribution >= 0.6 is 0 Å². The van der Waals surface area contributed by atoms with Crippen LogP contribution in [0, 0.1) is 0 Å². The van der Waals surface area contributed by atoms with Crippen molar-refractivity contribution in [3.05, 3.63) is 52.8 Å². The number of nitrogens with zero attached hydrogens (tertiary/aromatic N) is 3. The molecule has 148 valence electrons. The summed E-state index contributed by atoms with van der Waals surface area (Å²) in [5, 5.41) is 15.2. The first-order valence-corrected chi connectivity index (χ1v) is 9.01. The van der Waals surface area contributed by atoms with Gasteiger partial charge in [-0.15, -0.1) is 0 Å². The Hall–Kier alpha value is -3.81. The summed E-state index contributed by atoms with van der Waals surface area (Å²) in [6, 6.07) is 12.3. The molecule has 0 saturated heterocycles. The van der Waals surface area contributed by atoms with Crippen LogP contribution in [0.5, 0.6) is 17.2 Å². The number of aromatic hydroxyl groups is 1. The summed E-state index contributed by atoms with van der Waals surface area (Å²) in [6.45, 7) is 2.39. The topological polar surface area (TPSA) is 99.6 Å². The lowest BCUT2D eigenvalue weighted by molar-refractivity contribution is 0.311. The number of benzene rings is 2. The van der Waals surface area contributed by atoms with Gasteiger partial charge >= 0.3 is 0 Å². The molecule has 0 atom stereocenters. The maximum Gasteiger partial charge on any atom is 0.267 e. The van der Waals surface area contributed by atoms with Crippen LogP contribution in [-0.4, -0.2) is 33.5 Å². The lowest BCUT2D eigenvalue weighted by Crippen LogP contribution is -2.19. The Balaban J connectivity index is 1.82. The van der Waals surface area contributed by atoms with Gasteiger partial charge in [0.2, 0.25) is 5.82 Å². The number of fused-ring (bicyclic) bond motifs is 1. The van der Waals surface area contributed by atoms with Gasteiger partial charge in [0.25, 0.3) is 11.4 Å². The molecule has 0 amide bonds. The standard InChI is InChI=1S/C21H19N3O5/c1-4-28-15-10-9-12(11-16(15)27-3)19-22-20(29-23-19)17-18(25)13-7-5-6-8-14(13)24(2)21(17)26/h5-11,25H,4H2,1-3H3. The van der Waals surface area contributed by atoms with Gasteiger partial charge in [0.15, 0.2) is 11.5 Å². The van der Waals surface area contributed by atoms with E-state index in [-0.39, 0.29) is 23.0 Å². The third kappa shape index (κ3) is 3.08. The van der Waals surface area contributed by atoms with E-state index in [1.165, 1.54) is 4.57 Å². The summed E-state index contributed by atoms with van der Waals surface area (Å²) in [6.07, 6.45) is 0. The van der Waals surface area contributed by atoms with Gasteiger partial charge in [-0.1, -0.05) is 17.3 Å². The van der Waals surface area contributed by atoms with E-state index >= 15 is 0 Å². The summed E-state index contributed by atoms with van der Waals surface area (Å²) >= 11 is 0. The van der Waals surface area contributed by atoms with Crippen molar-refractivity contribution < 1.29 is 19.1 Å². The van der Waals surface area contributed by atoms with Gasteiger partial charge in [0, 0.05) is 18.0 Å². The van der Waals surface area contributed by atoms with E-state index < -0.39 is 5.56 Å². The fraction of sp³-hybridized carbons (Fsp3) is 0.190. The smallest absolute Gasteiger partial charge is 0.267 e. The van der Waals surface area contributed by atoms with E-state index in [1.807, 2.05) is 6.92 Å². The molecule has 0 unspecified atom stereocenters. The van der Waals surface area contributed by atoms with Crippen LogP contribution in [0.3, 0.4) is 0 Å². The number of aromatic nitrogens is 3. The summed E-state index contributed by atoms with van der Waals surface area (Å²) < 4.78 is 17.6. The largest absolute Gasteiger partial charge is 0.506 e. The monoisotopic (exact) mass is 393 g/mol.